The van der Waals surface area contributed by atoms with Gasteiger partial charge in [-0.1, -0.05) is 24.3 Å². The lowest BCUT2D eigenvalue weighted by Gasteiger charge is -2.08. The van der Waals surface area contributed by atoms with Crippen LogP contribution in [0.3, 0.4) is 0 Å². The lowest BCUT2D eigenvalue weighted by atomic mass is 10.2. The molecule has 17 heavy (non-hydrogen) atoms. The van der Waals surface area contributed by atoms with Gasteiger partial charge in [-0.15, -0.1) is 0 Å². The average Bonchev–Trinajstić information content (AvgIpc) is 2.30. The molecule has 0 aliphatic rings. The van der Waals surface area contributed by atoms with E-state index in [0.717, 1.165) is 17.1 Å². The van der Waals surface area contributed by atoms with Gasteiger partial charge in [0.25, 0.3) is 0 Å². The van der Waals surface area contributed by atoms with Crippen LogP contribution in [0, 0.1) is 0 Å². The van der Waals surface area contributed by atoms with Crippen molar-refractivity contribution in [2.24, 2.45) is 0 Å². The first-order valence-electron chi connectivity index (χ1n) is 5.44. The third-order valence-electron chi connectivity index (χ3n) is 2.25. The summed E-state index contributed by atoms with van der Waals surface area (Å²) in [7, 11) is 0. The number of carbonyl (C=O) groups is 1. The van der Waals surface area contributed by atoms with Crippen LogP contribution in [0.5, 0.6) is 0 Å². The molecule has 2 rings (SSSR count). The van der Waals surface area contributed by atoms with Gasteiger partial charge in [-0.2, -0.15) is 0 Å². The molecule has 0 bridgehead atoms. The van der Waals surface area contributed by atoms with E-state index in [9.17, 15) is 4.79 Å². The SMILES string of the molecule is CC(=O)Nc1cccc(Nc2ccccc2)c1. The topological polar surface area (TPSA) is 41.1 Å². The third-order valence-corrected chi connectivity index (χ3v) is 2.25. The van der Waals surface area contributed by atoms with Gasteiger partial charge in [0, 0.05) is 24.0 Å². The summed E-state index contributed by atoms with van der Waals surface area (Å²) in [5.74, 6) is -0.0677. The quantitative estimate of drug-likeness (QED) is 0.842. The van der Waals surface area contributed by atoms with Gasteiger partial charge < -0.3 is 10.6 Å². The van der Waals surface area contributed by atoms with E-state index in [1.807, 2.05) is 54.6 Å². The number of para-hydroxylation sites is 1. The Kier molecular flexibility index (Phi) is 3.40. The highest BCUT2D eigenvalue weighted by Gasteiger charge is 1.97. The zero-order chi connectivity index (χ0) is 12.1. The van der Waals surface area contributed by atoms with E-state index in [2.05, 4.69) is 10.6 Å². The van der Waals surface area contributed by atoms with Crippen LogP contribution >= 0.6 is 0 Å². The summed E-state index contributed by atoms with van der Waals surface area (Å²) < 4.78 is 0. The fourth-order valence-electron chi connectivity index (χ4n) is 1.57. The molecule has 0 aliphatic heterocycles. The van der Waals surface area contributed by atoms with Crippen LogP contribution in [0.15, 0.2) is 54.6 Å². The van der Waals surface area contributed by atoms with Crippen molar-refractivity contribution < 1.29 is 4.79 Å². The number of nitrogens with one attached hydrogen (secondary N) is 2. The highest BCUT2D eigenvalue weighted by Crippen LogP contribution is 2.19. The van der Waals surface area contributed by atoms with Gasteiger partial charge in [-0.05, 0) is 30.3 Å². The molecule has 3 nitrogen and oxygen atoms in total. The molecule has 2 aromatic carbocycles. The van der Waals surface area contributed by atoms with Gasteiger partial charge >= 0.3 is 0 Å². The first-order valence-corrected chi connectivity index (χ1v) is 5.44. The average molecular weight is 226 g/mol. The van der Waals surface area contributed by atoms with Gasteiger partial charge in [0.1, 0.15) is 0 Å². The summed E-state index contributed by atoms with van der Waals surface area (Å²) in [5.41, 5.74) is 2.76. The molecule has 0 saturated heterocycles. The van der Waals surface area contributed by atoms with E-state index in [1.165, 1.54) is 6.92 Å². The number of hydrogen-bond donors (Lipinski definition) is 2. The minimum Gasteiger partial charge on any atom is -0.355 e. The highest BCUT2D eigenvalue weighted by molar-refractivity contribution is 5.89. The molecule has 86 valence electrons. The fourth-order valence-corrected chi connectivity index (χ4v) is 1.57. The maximum absolute atomic E-state index is 11.0. The van der Waals surface area contributed by atoms with Gasteiger partial charge in [-0.25, -0.2) is 0 Å². The van der Waals surface area contributed by atoms with Crippen LogP contribution in [0.2, 0.25) is 0 Å². The van der Waals surface area contributed by atoms with Crippen molar-refractivity contribution in [1.82, 2.24) is 0 Å². The molecule has 2 N–H and O–H groups in total. The van der Waals surface area contributed by atoms with Crippen LogP contribution in [0.25, 0.3) is 0 Å². The van der Waals surface area contributed by atoms with Crippen molar-refractivity contribution in [3.05, 3.63) is 54.6 Å². The second-order valence-electron chi connectivity index (χ2n) is 3.75. The number of carbonyl (C=O) groups excluding carboxylic acids is 1. The molecule has 0 heterocycles. The molecule has 2 aromatic rings. The molecule has 0 aromatic heterocycles. The predicted octanol–water partition coefficient (Wildman–Crippen LogP) is 3.39. The highest BCUT2D eigenvalue weighted by atomic mass is 16.1. The molecule has 0 atom stereocenters. The van der Waals surface area contributed by atoms with Gasteiger partial charge in [0.05, 0.1) is 0 Å². The van der Waals surface area contributed by atoms with Crippen molar-refractivity contribution in [2.75, 3.05) is 10.6 Å². The predicted molar refractivity (Wildman–Crippen MR) is 70.5 cm³/mol. The number of anilines is 3. The molecule has 3 heteroatoms. The Morgan fingerprint density at radius 1 is 0.882 bits per heavy atom. The summed E-state index contributed by atoms with van der Waals surface area (Å²) in [6, 6.07) is 17.5. The number of amides is 1. The third kappa shape index (κ3) is 3.34. The molecule has 0 unspecified atom stereocenters. The van der Waals surface area contributed by atoms with Crippen LogP contribution in [0.4, 0.5) is 17.1 Å². The summed E-state index contributed by atoms with van der Waals surface area (Å²) in [6.07, 6.45) is 0. The fraction of sp³-hybridized carbons (Fsp3) is 0.0714. The van der Waals surface area contributed by atoms with E-state index in [-0.39, 0.29) is 5.91 Å². The normalized spacial score (nSPS) is 9.71. The Labute approximate surface area is 100 Å². The van der Waals surface area contributed by atoms with Crippen LogP contribution in [-0.2, 0) is 4.79 Å². The molecule has 0 radical (unpaired) electrons. The second kappa shape index (κ2) is 5.16. The smallest absolute Gasteiger partial charge is 0.221 e. The molecular formula is C14H14N2O. The van der Waals surface area contributed by atoms with E-state index < -0.39 is 0 Å². The summed E-state index contributed by atoms with van der Waals surface area (Å²) in [4.78, 5) is 11.0. The van der Waals surface area contributed by atoms with Crippen LogP contribution in [0.1, 0.15) is 6.92 Å². The van der Waals surface area contributed by atoms with Gasteiger partial charge in [-0.3, -0.25) is 4.79 Å². The van der Waals surface area contributed by atoms with Crippen LogP contribution < -0.4 is 10.6 Å². The standard InChI is InChI=1S/C14H14N2O/c1-11(17)15-13-8-5-9-14(10-13)16-12-6-3-2-4-7-12/h2-10,16H,1H3,(H,15,17). The lowest BCUT2D eigenvalue weighted by molar-refractivity contribution is -0.114. The Bertz CT molecular complexity index is 509. The van der Waals surface area contributed by atoms with Crippen LogP contribution in [-0.4, -0.2) is 5.91 Å². The zero-order valence-electron chi connectivity index (χ0n) is 9.60. The maximum atomic E-state index is 11.0. The monoisotopic (exact) mass is 226 g/mol. The Morgan fingerprint density at radius 3 is 2.24 bits per heavy atom. The van der Waals surface area contributed by atoms with Crippen molar-refractivity contribution in [1.29, 1.82) is 0 Å². The van der Waals surface area contributed by atoms with E-state index in [4.69, 9.17) is 0 Å². The zero-order valence-corrected chi connectivity index (χ0v) is 9.60. The summed E-state index contributed by atoms with van der Waals surface area (Å²) >= 11 is 0. The van der Waals surface area contributed by atoms with Crippen molar-refractivity contribution >= 4 is 23.0 Å². The minimum absolute atomic E-state index is 0.0677. The molecule has 0 fully saturated rings. The molecule has 0 spiro atoms. The molecule has 0 saturated carbocycles. The van der Waals surface area contributed by atoms with Gasteiger partial charge in [0.15, 0.2) is 0 Å². The van der Waals surface area contributed by atoms with Crippen molar-refractivity contribution in [2.45, 2.75) is 6.92 Å². The Balaban J connectivity index is 2.14. The van der Waals surface area contributed by atoms with E-state index >= 15 is 0 Å². The number of hydrogen-bond acceptors (Lipinski definition) is 2. The van der Waals surface area contributed by atoms with E-state index in [0.29, 0.717) is 0 Å². The van der Waals surface area contributed by atoms with Gasteiger partial charge in [0.2, 0.25) is 5.91 Å². The minimum atomic E-state index is -0.0677. The maximum Gasteiger partial charge on any atom is 0.221 e. The van der Waals surface area contributed by atoms with Crippen molar-refractivity contribution in [3.63, 3.8) is 0 Å². The lowest BCUT2D eigenvalue weighted by Crippen LogP contribution is -2.05. The first kappa shape index (κ1) is 11.2. The first-order chi connectivity index (χ1) is 8.24. The largest absolute Gasteiger partial charge is 0.355 e. The Hall–Kier alpha value is -2.29. The molecule has 0 aliphatic carbocycles. The number of rotatable bonds is 3. The molecule has 1 amide bonds. The molecular weight excluding hydrogens is 212 g/mol. The number of benzene rings is 2. The van der Waals surface area contributed by atoms with E-state index in [1.54, 1.807) is 0 Å². The summed E-state index contributed by atoms with van der Waals surface area (Å²) in [6.45, 7) is 1.50. The Morgan fingerprint density at radius 2 is 1.53 bits per heavy atom. The second-order valence-corrected chi connectivity index (χ2v) is 3.75. The van der Waals surface area contributed by atoms with Crippen molar-refractivity contribution in [3.8, 4) is 0 Å². The summed E-state index contributed by atoms with van der Waals surface area (Å²) in [5, 5.41) is 6.02.